The van der Waals surface area contributed by atoms with E-state index in [1.54, 1.807) is 36.4 Å². The number of carbonyl (C=O) groups is 2. The molecule has 2 aromatic heterocycles. The van der Waals surface area contributed by atoms with Gasteiger partial charge in [0.1, 0.15) is 11.5 Å². The molecule has 8 nitrogen and oxygen atoms in total. The molecule has 1 aromatic carbocycles. The van der Waals surface area contributed by atoms with Crippen molar-refractivity contribution >= 4 is 28.7 Å². The fraction of sp³-hybridized carbons (Fsp3) is 0.235. The van der Waals surface area contributed by atoms with Crippen LogP contribution in [0.2, 0.25) is 0 Å². The van der Waals surface area contributed by atoms with Crippen molar-refractivity contribution in [3.63, 3.8) is 0 Å². The first-order valence-corrected chi connectivity index (χ1v) is 8.96. The molecular formula is C17H17N5O3S. The number of Topliss-reactive ketones (excluding diaryl/α,β-unsaturated/α-hetero) is 1. The number of amides is 1. The first-order chi connectivity index (χ1) is 12.6. The van der Waals surface area contributed by atoms with E-state index in [1.165, 1.54) is 11.3 Å². The molecule has 0 saturated carbocycles. The Hall–Kier alpha value is -3.07. The summed E-state index contributed by atoms with van der Waals surface area (Å²) in [5, 5.41) is 12.8. The van der Waals surface area contributed by atoms with Gasteiger partial charge in [0.15, 0.2) is 5.78 Å². The minimum atomic E-state index is -0.468. The number of nitrogens with zero attached hydrogens (tertiary/aromatic N) is 4. The maximum absolute atomic E-state index is 12.4. The number of nitrogens with one attached hydrogen (secondary N) is 1. The van der Waals surface area contributed by atoms with Gasteiger partial charge < -0.3 is 5.32 Å². The average molecular weight is 371 g/mol. The molecule has 0 aliphatic rings. The summed E-state index contributed by atoms with van der Waals surface area (Å²) in [5.41, 5.74) is 0.584. The molecule has 0 radical (unpaired) electrons. The molecule has 0 aliphatic carbocycles. The number of thiophene rings is 1. The molecular weight excluding hydrogens is 354 g/mol. The van der Waals surface area contributed by atoms with Crippen molar-refractivity contribution in [2.75, 3.05) is 5.32 Å². The second-order valence-electron chi connectivity index (χ2n) is 5.58. The third-order valence-corrected chi connectivity index (χ3v) is 4.46. The molecule has 26 heavy (non-hydrogen) atoms. The van der Waals surface area contributed by atoms with Gasteiger partial charge in [-0.3, -0.25) is 9.59 Å². The van der Waals surface area contributed by atoms with Gasteiger partial charge in [-0.1, -0.05) is 6.92 Å². The molecule has 0 saturated heterocycles. The lowest BCUT2D eigenvalue weighted by Crippen LogP contribution is -2.27. The Bertz CT molecular complexity index is 957. The molecule has 0 aliphatic heterocycles. The highest BCUT2D eigenvalue weighted by Gasteiger charge is 2.14. The lowest BCUT2D eigenvalue weighted by Gasteiger charge is -2.05. The zero-order valence-electron chi connectivity index (χ0n) is 14.1. The van der Waals surface area contributed by atoms with Crippen LogP contribution in [0.3, 0.4) is 0 Å². The number of tetrazole rings is 1. The van der Waals surface area contributed by atoms with E-state index in [4.69, 9.17) is 0 Å². The third-order valence-electron chi connectivity index (χ3n) is 3.62. The molecule has 0 bridgehead atoms. The Morgan fingerprint density at radius 2 is 1.92 bits per heavy atom. The van der Waals surface area contributed by atoms with Crippen LogP contribution in [-0.2, 0) is 11.3 Å². The summed E-state index contributed by atoms with van der Waals surface area (Å²) in [6.45, 7) is 1.73. The second-order valence-corrected chi connectivity index (χ2v) is 6.51. The summed E-state index contributed by atoms with van der Waals surface area (Å²) in [6, 6.07) is 10.1. The van der Waals surface area contributed by atoms with Crippen LogP contribution in [0.25, 0.3) is 5.00 Å². The number of anilines is 1. The number of ketones is 1. The molecule has 3 rings (SSSR count). The predicted octanol–water partition coefficient (Wildman–Crippen LogP) is 2.11. The van der Waals surface area contributed by atoms with Crippen molar-refractivity contribution in [2.24, 2.45) is 0 Å². The number of hydrogen-bond acceptors (Lipinski definition) is 6. The minimum absolute atomic E-state index is 0.0664. The summed E-state index contributed by atoms with van der Waals surface area (Å²) in [4.78, 5) is 36.2. The van der Waals surface area contributed by atoms with E-state index in [9.17, 15) is 14.4 Å². The van der Waals surface area contributed by atoms with E-state index in [2.05, 4.69) is 15.7 Å². The maximum Gasteiger partial charge on any atom is 0.369 e. The van der Waals surface area contributed by atoms with Gasteiger partial charge >= 0.3 is 5.69 Å². The van der Waals surface area contributed by atoms with Crippen molar-refractivity contribution in [3.8, 4) is 5.00 Å². The number of rotatable bonds is 7. The first kappa shape index (κ1) is 17.7. The van der Waals surface area contributed by atoms with Crippen LogP contribution in [0.4, 0.5) is 5.69 Å². The Morgan fingerprint density at radius 3 is 2.58 bits per heavy atom. The van der Waals surface area contributed by atoms with Crippen LogP contribution in [0, 0.1) is 0 Å². The molecule has 1 amide bonds. The van der Waals surface area contributed by atoms with Crippen LogP contribution >= 0.6 is 11.3 Å². The van der Waals surface area contributed by atoms with Crippen LogP contribution in [-0.4, -0.2) is 31.5 Å². The lowest BCUT2D eigenvalue weighted by molar-refractivity contribution is -0.116. The highest BCUT2D eigenvalue weighted by Crippen LogP contribution is 2.12. The molecule has 0 atom stereocenters. The second kappa shape index (κ2) is 7.87. The molecule has 0 spiro atoms. The van der Waals surface area contributed by atoms with Crippen LogP contribution in [0.15, 0.2) is 46.6 Å². The van der Waals surface area contributed by atoms with Crippen molar-refractivity contribution in [1.82, 2.24) is 19.8 Å². The molecule has 134 valence electrons. The van der Waals surface area contributed by atoms with E-state index < -0.39 is 5.69 Å². The fourth-order valence-electron chi connectivity index (χ4n) is 2.32. The van der Waals surface area contributed by atoms with Gasteiger partial charge in [0.05, 0.1) is 0 Å². The lowest BCUT2D eigenvalue weighted by atomic mass is 10.1. The van der Waals surface area contributed by atoms with E-state index in [0.717, 1.165) is 15.8 Å². The topological polar surface area (TPSA) is 98.9 Å². The Labute approximate surface area is 153 Å². The number of hydrogen-bond donors (Lipinski definition) is 1. The van der Waals surface area contributed by atoms with Crippen molar-refractivity contribution in [2.45, 2.75) is 26.3 Å². The summed E-state index contributed by atoms with van der Waals surface area (Å²) >= 11 is 1.36. The zero-order chi connectivity index (χ0) is 18.5. The quantitative estimate of drug-likeness (QED) is 0.641. The smallest absolute Gasteiger partial charge is 0.326 e. The maximum atomic E-state index is 12.4. The minimum Gasteiger partial charge on any atom is -0.326 e. The van der Waals surface area contributed by atoms with Crippen LogP contribution in [0.5, 0.6) is 0 Å². The molecule has 9 heteroatoms. The van der Waals surface area contributed by atoms with Gasteiger partial charge in [0.25, 0.3) is 0 Å². The first-order valence-electron chi connectivity index (χ1n) is 8.08. The average Bonchev–Trinajstić information content (AvgIpc) is 3.26. The van der Waals surface area contributed by atoms with E-state index in [1.807, 2.05) is 12.3 Å². The van der Waals surface area contributed by atoms with Crippen LogP contribution < -0.4 is 11.0 Å². The summed E-state index contributed by atoms with van der Waals surface area (Å²) < 4.78 is 2.18. The number of aromatic nitrogens is 4. The van der Waals surface area contributed by atoms with Gasteiger partial charge in [-0.25, -0.2) is 4.79 Å². The third kappa shape index (κ3) is 3.94. The normalized spacial score (nSPS) is 10.7. The summed E-state index contributed by atoms with van der Waals surface area (Å²) in [6.07, 6.45) is 1.22. The molecule has 1 N–H and O–H groups in total. The Morgan fingerprint density at radius 1 is 1.15 bits per heavy atom. The summed E-state index contributed by atoms with van der Waals surface area (Å²) in [7, 11) is 0. The standard InChI is InChI=1S/C17H17N5O3S/c1-2-4-15(24)18-13-8-6-12(7-9-13)14(23)11-21-17(25)22(20-19-21)16-5-3-10-26-16/h3,5-10H,2,4,11H2,1H3,(H,18,24). The van der Waals surface area contributed by atoms with E-state index in [-0.39, 0.29) is 18.2 Å². The molecule has 2 heterocycles. The molecule has 0 unspecified atom stereocenters. The number of carbonyl (C=O) groups excluding carboxylic acids is 2. The van der Waals surface area contributed by atoms with Gasteiger partial charge in [0, 0.05) is 17.7 Å². The number of benzene rings is 1. The van der Waals surface area contributed by atoms with Crippen molar-refractivity contribution < 1.29 is 9.59 Å². The van der Waals surface area contributed by atoms with E-state index >= 15 is 0 Å². The molecule has 3 aromatic rings. The monoisotopic (exact) mass is 371 g/mol. The predicted molar refractivity (Wildman–Crippen MR) is 97.8 cm³/mol. The van der Waals surface area contributed by atoms with Gasteiger partial charge in [-0.15, -0.1) is 11.3 Å². The Balaban J connectivity index is 1.69. The van der Waals surface area contributed by atoms with Gasteiger partial charge in [-0.2, -0.15) is 9.36 Å². The fourth-order valence-corrected chi connectivity index (χ4v) is 2.99. The summed E-state index contributed by atoms with van der Waals surface area (Å²) in [5.74, 6) is -0.333. The highest BCUT2D eigenvalue weighted by atomic mass is 32.1. The van der Waals surface area contributed by atoms with Gasteiger partial charge in [-0.05, 0) is 58.6 Å². The van der Waals surface area contributed by atoms with E-state index in [0.29, 0.717) is 22.7 Å². The SMILES string of the molecule is CCCC(=O)Nc1ccc(C(=O)Cn2nnn(-c3cccs3)c2=O)cc1. The van der Waals surface area contributed by atoms with Crippen LogP contribution in [0.1, 0.15) is 30.1 Å². The zero-order valence-corrected chi connectivity index (χ0v) is 14.9. The van der Waals surface area contributed by atoms with Crippen molar-refractivity contribution in [3.05, 3.63) is 57.8 Å². The molecule has 0 fully saturated rings. The van der Waals surface area contributed by atoms with Crippen molar-refractivity contribution in [1.29, 1.82) is 0 Å². The van der Waals surface area contributed by atoms with Gasteiger partial charge in [0.2, 0.25) is 5.91 Å². The highest BCUT2D eigenvalue weighted by molar-refractivity contribution is 7.12. The largest absolute Gasteiger partial charge is 0.369 e. The Kier molecular flexibility index (Phi) is 5.37.